The molecule has 2 heterocycles. The van der Waals surface area contributed by atoms with Gasteiger partial charge in [-0.1, -0.05) is 17.7 Å². The van der Waals surface area contributed by atoms with Crippen molar-refractivity contribution in [2.24, 2.45) is 5.92 Å². The average Bonchev–Trinajstić information content (AvgIpc) is 3.12. The van der Waals surface area contributed by atoms with Crippen molar-refractivity contribution >= 4 is 18.3 Å². The molecule has 0 radical (unpaired) electrons. The van der Waals surface area contributed by atoms with E-state index in [1.54, 1.807) is 0 Å². The van der Waals surface area contributed by atoms with Gasteiger partial charge in [0.1, 0.15) is 0 Å². The van der Waals surface area contributed by atoms with E-state index in [-0.39, 0.29) is 18.3 Å². The van der Waals surface area contributed by atoms with Crippen LogP contribution < -0.4 is 5.32 Å². The molecule has 158 valence electrons. The van der Waals surface area contributed by atoms with E-state index in [1.807, 2.05) is 16.6 Å². The van der Waals surface area contributed by atoms with Gasteiger partial charge in [-0.15, -0.1) is 12.4 Å². The lowest BCUT2D eigenvalue weighted by molar-refractivity contribution is 0.0679. The van der Waals surface area contributed by atoms with Gasteiger partial charge in [-0.05, 0) is 83.5 Å². The number of hydrogen-bond donors (Lipinski definition) is 1. The third kappa shape index (κ3) is 4.67. The van der Waals surface area contributed by atoms with Gasteiger partial charge >= 0.3 is 0 Å². The molecule has 29 heavy (non-hydrogen) atoms. The number of piperidine rings is 1. The number of carbonyl (C=O) groups is 1. The van der Waals surface area contributed by atoms with Gasteiger partial charge in [0.05, 0.1) is 5.69 Å². The summed E-state index contributed by atoms with van der Waals surface area (Å²) in [5.74, 6) is 0.867. The van der Waals surface area contributed by atoms with Crippen molar-refractivity contribution in [1.29, 1.82) is 0 Å². The minimum atomic E-state index is 0. The van der Waals surface area contributed by atoms with Gasteiger partial charge in [0.2, 0.25) is 0 Å². The summed E-state index contributed by atoms with van der Waals surface area (Å²) in [6.45, 7) is 4.88. The number of nitrogens with zero attached hydrogens (tertiary/aromatic N) is 3. The number of aryl methyl sites for hydroxylation is 1. The van der Waals surface area contributed by atoms with E-state index in [0.29, 0.717) is 5.69 Å². The molecule has 1 saturated heterocycles. The molecule has 1 N–H and O–H groups in total. The van der Waals surface area contributed by atoms with Crippen LogP contribution in [0.5, 0.6) is 0 Å². The number of benzene rings is 1. The Hall–Kier alpha value is -1.85. The van der Waals surface area contributed by atoms with Crippen molar-refractivity contribution in [3.63, 3.8) is 0 Å². The first kappa shape index (κ1) is 21.8. The maximum absolute atomic E-state index is 13.3. The lowest BCUT2D eigenvalue weighted by atomic mass is 9.92. The summed E-state index contributed by atoms with van der Waals surface area (Å²) in [5.41, 5.74) is 5.43. The van der Waals surface area contributed by atoms with Crippen molar-refractivity contribution in [1.82, 2.24) is 20.0 Å². The summed E-state index contributed by atoms with van der Waals surface area (Å²) in [6.07, 6.45) is 7.73. The van der Waals surface area contributed by atoms with E-state index in [1.165, 1.54) is 29.7 Å². The van der Waals surface area contributed by atoms with Crippen molar-refractivity contribution < 1.29 is 4.79 Å². The summed E-state index contributed by atoms with van der Waals surface area (Å²) in [5, 5.41) is 8.09. The van der Waals surface area contributed by atoms with Crippen LogP contribution in [0.1, 0.15) is 59.4 Å². The Balaban J connectivity index is 0.00000240. The third-order valence-corrected chi connectivity index (χ3v) is 6.37. The average molecular weight is 417 g/mol. The Morgan fingerprint density at radius 1 is 1.14 bits per heavy atom. The second kappa shape index (κ2) is 9.77. The van der Waals surface area contributed by atoms with E-state index in [0.717, 1.165) is 63.3 Å². The summed E-state index contributed by atoms with van der Waals surface area (Å²) in [6, 6.07) is 8.45. The molecule has 1 aromatic carbocycles. The van der Waals surface area contributed by atoms with Gasteiger partial charge in [0.15, 0.2) is 5.69 Å². The summed E-state index contributed by atoms with van der Waals surface area (Å²) < 4.78 is 2.03. The number of carbonyl (C=O) groups excluding carboxylic acids is 1. The third-order valence-electron chi connectivity index (χ3n) is 6.37. The Bertz CT molecular complexity index is 822. The van der Waals surface area contributed by atoms with Crippen LogP contribution in [0.15, 0.2) is 24.3 Å². The molecular formula is C23H33ClN4O. The number of fused-ring (bicyclic) bond motifs is 1. The molecule has 1 fully saturated rings. The Morgan fingerprint density at radius 2 is 1.83 bits per heavy atom. The van der Waals surface area contributed by atoms with Crippen LogP contribution in [0.25, 0.3) is 5.69 Å². The van der Waals surface area contributed by atoms with Crippen molar-refractivity contribution in [3.05, 3.63) is 46.8 Å². The molecule has 5 nitrogen and oxygen atoms in total. The van der Waals surface area contributed by atoms with Gasteiger partial charge in [0.25, 0.3) is 5.91 Å². The van der Waals surface area contributed by atoms with Crippen LogP contribution in [-0.4, -0.2) is 47.3 Å². The first-order valence-corrected chi connectivity index (χ1v) is 10.8. The van der Waals surface area contributed by atoms with E-state index in [2.05, 4.69) is 36.5 Å². The highest BCUT2D eigenvalue weighted by Crippen LogP contribution is 2.29. The predicted octanol–water partition coefficient (Wildman–Crippen LogP) is 3.94. The second-order valence-electron chi connectivity index (χ2n) is 8.36. The van der Waals surface area contributed by atoms with Crippen LogP contribution in [0, 0.1) is 12.8 Å². The van der Waals surface area contributed by atoms with Crippen LogP contribution in [0.3, 0.4) is 0 Å². The number of hydrogen-bond acceptors (Lipinski definition) is 3. The number of amides is 1. The van der Waals surface area contributed by atoms with Crippen LogP contribution >= 0.6 is 12.4 Å². The van der Waals surface area contributed by atoms with Crippen LogP contribution in [0.4, 0.5) is 0 Å². The normalized spacial score (nSPS) is 17.0. The number of aromatic nitrogens is 2. The van der Waals surface area contributed by atoms with E-state index >= 15 is 0 Å². The fraction of sp³-hybridized carbons (Fsp3) is 0.565. The quantitative estimate of drug-likeness (QED) is 0.803. The zero-order valence-electron chi connectivity index (χ0n) is 17.6. The Kier molecular flexibility index (Phi) is 7.36. The van der Waals surface area contributed by atoms with E-state index in [9.17, 15) is 4.79 Å². The van der Waals surface area contributed by atoms with Gasteiger partial charge in [-0.2, -0.15) is 5.10 Å². The Morgan fingerprint density at radius 3 is 2.52 bits per heavy atom. The number of nitrogens with one attached hydrogen (secondary N) is 1. The first-order valence-electron chi connectivity index (χ1n) is 10.8. The maximum atomic E-state index is 13.3. The fourth-order valence-corrected chi connectivity index (χ4v) is 4.59. The van der Waals surface area contributed by atoms with Crippen LogP contribution in [0.2, 0.25) is 0 Å². The summed E-state index contributed by atoms with van der Waals surface area (Å²) in [4.78, 5) is 15.4. The van der Waals surface area contributed by atoms with Gasteiger partial charge in [-0.25, -0.2) is 4.68 Å². The molecule has 1 aliphatic carbocycles. The molecule has 1 aliphatic heterocycles. The molecule has 0 saturated carbocycles. The topological polar surface area (TPSA) is 50.2 Å². The number of likely N-dealkylation sites (tertiary alicyclic amines) is 1. The standard InChI is InChI=1S/C23H32N4O.ClH/c1-17-7-9-19(10-8-17)27-21-6-4-3-5-20(21)22(25-27)23(28)26-15-12-18(13-16-26)11-14-24-2;/h7-10,18,24H,3-6,11-16H2,1-2H3;1H. The highest BCUT2D eigenvalue weighted by atomic mass is 35.5. The largest absolute Gasteiger partial charge is 0.337 e. The zero-order chi connectivity index (χ0) is 19.5. The Labute approximate surface area is 180 Å². The molecule has 0 unspecified atom stereocenters. The molecule has 2 aromatic rings. The van der Waals surface area contributed by atoms with Gasteiger partial charge in [-0.3, -0.25) is 4.79 Å². The predicted molar refractivity (Wildman–Crippen MR) is 119 cm³/mol. The van der Waals surface area contributed by atoms with Gasteiger partial charge in [0, 0.05) is 24.3 Å². The lowest BCUT2D eigenvalue weighted by Crippen LogP contribution is -2.39. The number of halogens is 1. The maximum Gasteiger partial charge on any atom is 0.274 e. The van der Waals surface area contributed by atoms with E-state index < -0.39 is 0 Å². The summed E-state index contributed by atoms with van der Waals surface area (Å²) >= 11 is 0. The van der Waals surface area contributed by atoms with Crippen molar-refractivity contribution in [2.75, 3.05) is 26.7 Å². The highest BCUT2D eigenvalue weighted by Gasteiger charge is 2.30. The fourth-order valence-electron chi connectivity index (χ4n) is 4.59. The smallest absolute Gasteiger partial charge is 0.274 e. The molecule has 6 heteroatoms. The molecule has 4 rings (SSSR count). The molecular weight excluding hydrogens is 384 g/mol. The minimum Gasteiger partial charge on any atom is -0.337 e. The molecule has 1 aromatic heterocycles. The molecule has 2 aliphatic rings. The molecule has 0 bridgehead atoms. The van der Waals surface area contributed by atoms with Crippen molar-refractivity contribution in [2.45, 2.75) is 51.9 Å². The molecule has 0 spiro atoms. The highest BCUT2D eigenvalue weighted by molar-refractivity contribution is 5.94. The lowest BCUT2D eigenvalue weighted by Gasteiger charge is -2.32. The van der Waals surface area contributed by atoms with Crippen LogP contribution in [-0.2, 0) is 12.8 Å². The minimum absolute atomic E-state index is 0. The molecule has 0 atom stereocenters. The SMILES string of the molecule is CNCCC1CCN(C(=O)c2nn(-c3ccc(C)cc3)c3c2CCCC3)CC1.Cl. The van der Waals surface area contributed by atoms with E-state index in [4.69, 9.17) is 5.10 Å². The second-order valence-corrected chi connectivity index (χ2v) is 8.36. The van der Waals surface area contributed by atoms with Crippen molar-refractivity contribution in [3.8, 4) is 5.69 Å². The zero-order valence-corrected chi connectivity index (χ0v) is 18.4. The molecule has 1 amide bonds. The monoisotopic (exact) mass is 416 g/mol. The number of rotatable bonds is 5. The first-order chi connectivity index (χ1) is 13.7. The summed E-state index contributed by atoms with van der Waals surface area (Å²) in [7, 11) is 2.01. The van der Waals surface area contributed by atoms with Gasteiger partial charge < -0.3 is 10.2 Å².